The smallest absolute Gasteiger partial charge is 0.159 e. The van der Waals surface area contributed by atoms with Gasteiger partial charge in [-0.3, -0.25) is 4.79 Å². The second-order valence-corrected chi connectivity index (χ2v) is 6.24. The molecule has 108 valence electrons. The number of ketones is 1. The minimum absolute atomic E-state index is 0.248. The van der Waals surface area contributed by atoms with Crippen LogP contribution >= 0.6 is 11.3 Å². The summed E-state index contributed by atoms with van der Waals surface area (Å²) in [5, 5.41) is 2.08. The molecule has 1 saturated carbocycles. The minimum Gasteiger partial charge on any atom is -0.497 e. The van der Waals surface area contributed by atoms with Crippen LogP contribution in [0, 0.1) is 0 Å². The maximum absolute atomic E-state index is 12.4. The van der Waals surface area contributed by atoms with Crippen LogP contribution < -0.4 is 4.74 Å². The third-order valence-corrected chi connectivity index (χ3v) is 4.88. The Morgan fingerprint density at radius 3 is 2.95 bits per heavy atom. The first-order valence-electron chi connectivity index (χ1n) is 7.20. The molecule has 0 spiro atoms. The summed E-state index contributed by atoms with van der Waals surface area (Å²) in [5.74, 6) is 1.35. The molecule has 0 radical (unpaired) electrons. The van der Waals surface area contributed by atoms with Gasteiger partial charge in [-0.05, 0) is 48.1 Å². The predicted octanol–water partition coefficient (Wildman–Crippen LogP) is 4.68. The summed E-state index contributed by atoms with van der Waals surface area (Å²) in [4.78, 5) is 13.7. The van der Waals surface area contributed by atoms with Gasteiger partial charge in [-0.2, -0.15) is 0 Å². The van der Waals surface area contributed by atoms with Crippen molar-refractivity contribution < 1.29 is 9.53 Å². The number of carbonyl (C=O) groups excluding carboxylic acids is 1. The van der Waals surface area contributed by atoms with Crippen LogP contribution in [0.2, 0.25) is 0 Å². The Morgan fingerprint density at radius 1 is 1.29 bits per heavy atom. The molecule has 2 aromatic rings. The second kappa shape index (κ2) is 6.27. The summed E-state index contributed by atoms with van der Waals surface area (Å²) >= 11 is 1.74. The Bertz CT molecular complexity index is 656. The van der Waals surface area contributed by atoms with Crippen molar-refractivity contribution in [1.82, 2.24) is 0 Å². The molecule has 1 heterocycles. The molecular weight excluding hydrogens is 280 g/mol. The number of carbonyl (C=O) groups is 1. The lowest BCUT2D eigenvalue weighted by molar-refractivity contribution is -0.116. The fourth-order valence-electron chi connectivity index (χ4n) is 2.84. The molecule has 2 nitrogen and oxygen atoms in total. The topological polar surface area (TPSA) is 26.3 Å². The number of methoxy groups -OCH3 is 1. The first-order chi connectivity index (χ1) is 10.3. The lowest BCUT2D eigenvalue weighted by Gasteiger charge is -2.23. The maximum Gasteiger partial charge on any atom is 0.159 e. The molecule has 0 amide bonds. The molecule has 1 atom stereocenters. The molecule has 0 N–H and O–H groups in total. The van der Waals surface area contributed by atoms with Crippen LogP contribution in [0.4, 0.5) is 0 Å². The zero-order valence-electron chi connectivity index (χ0n) is 12.0. The maximum atomic E-state index is 12.4. The van der Waals surface area contributed by atoms with Crippen molar-refractivity contribution in [2.75, 3.05) is 7.11 Å². The highest BCUT2D eigenvalue weighted by Crippen LogP contribution is 2.38. The third kappa shape index (κ3) is 3.08. The molecule has 1 aliphatic rings. The first kappa shape index (κ1) is 14.1. The molecule has 3 rings (SSSR count). The van der Waals surface area contributed by atoms with E-state index in [2.05, 4.69) is 17.5 Å². The summed E-state index contributed by atoms with van der Waals surface area (Å²) in [6, 6.07) is 12.1. The van der Waals surface area contributed by atoms with Crippen molar-refractivity contribution >= 4 is 23.2 Å². The summed E-state index contributed by atoms with van der Waals surface area (Å²) < 4.78 is 5.26. The quantitative estimate of drug-likeness (QED) is 0.769. The Labute approximate surface area is 129 Å². The van der Waals surface area contributed by atoms with E-state index in [1.165, 1.54) is 4.88 Å². The van der Waals surface area contributed by atoms with Gasteiger partial charge in [0, 0.05) is 22.8 Å². The van der Waals surface area contributed by atoms with Crippen LogP contribution in [-0.2, 0) is 4.79 Å². The SMILES string of the molecule is COc1cccc(/C=C2\C(=O)CCCC2c2cccs2)c1. The molecule has 1 unspecified atom stereocenters. The zero-order chi connectivity index (χ0) is 14.7. The molecular formula is C18H18O2S. The number of benzene rings is 1. The molecule has 1 fully saturated rings. The van der Waals surface area contributed by atoms with Crippen LogP contribution in [0.15, 0.2) is 47.4 Å². The van der Waals surface area contributed by atoms with E-state index in [0.29, 0.717) is 6.42 Å². The fraction of sp³-hybridized carbons (Fsp3) is 0.278. The standard InChI is InChI=1S/C18H18O2S/c1-20-14-6-2-5-13(11-14)12-16-15(7-3-8-17(16)19)18-9-4-10-21-18/h2,4-6,9-12,15H,3,7-8H2,1H3/b16-12-. The number of hydrogen-bond acceptors (Lipinski definition) is 3. The van der Waals surface area contributed by atoms with Gasteiger partial charge in [-0.15, -0.1) is 11.3 Å². The van der Waals surface area contributed by atoms with Crippen molar-refractivity contribution in [3.8, 4) is 5.75 Å². The minimum atomic E-state index is 0.248. The zero-order valence-corrected chi connectivity index (χ0v) is 12.9. The largest absolute Gasteiger partial charge is 0.497 e. The highest BCUT2D eigenvalue weighted by Gasteiger charge is 2.27. The van der Waals surface area contributed by atoms with Crippen LogP contribution in [0.5, 0.6) is 5.75 Å². The van der Waals surface area contributed by atoms with Gasteiger partial charge in [-0.1, -0.05) is 18.2 Å². The number of Topliss-reactive ketones (excluding diaryl/α,β-unsaturated/α-hetero) is 1. The Morgan fingerprint density at radius 2 is 2.19 bits per heavy atom. The first-order valence-corrected chi connectivity index (χ1v) is 8.08. The normalized spacial score (nSPS) is 20.7. The number of ether oxygens (including phenoxy) is 1. The fourth-order valence-corrected chi connectivity index (χ4v) is 3.72. The second-order valence-electron chi connectivity index (χ2n) is 5.26. The van der Waals surface area contributed by atoms with E-state index in [1.807, 2.05) is 30.3 Å². The van der Waals surface area contributed by atoms with Crippen LogP contribution in [-0.4, -0.2) is 12.9 Å². The summed E-state index contributed by atoms with van der Waals surface area (Å²) in [6.45, 7) is 0. The van der Waals surface area contributed by atoms with Crippen LogP contribution in [0.3, 0.4) is 0 Å². The van der Waals surface area contributed by atoms with Crippen LogP contribution in [0.25, 0.3) is 6.08 Å². The molecule has 1 aliphatic carbocycles. The number of allylic oxidation sites excluding steroid dienone is 1. The lowest BCUT2D eigenvalue weighted by Crippen LogP contribution is -2.16. The molecule has 3 heteroatoms. The van der Waals surface area contributed by atoms with E-state index in [4.69, 9.17) is 4.74 Å². The molecule has 21 heavy (non-hydrogen) atoms. The highest BCUT2D eigenvalue weighted by atomic mass is 32.1. The molecule has 0 bridgehead atoms. The van der Waals surface area contributed by atoms with E-state index in [1.54, 1.807) is 18.4 Å². The lowest BCUT2D eigenvalue weighted by atomic mass is 9.81. The Kier molecular flexibility index (Phi) is 4.20. The van der Waals surface area contributed by atoms with E-state index >= 15 is 0 Å². The van der Waals surface area contributed by atoms with Crippen molar-refractivity contribution in [2.45, 2.75) is 25.2 Å². The number of hydrogen-bond donors (Lipinski definition) is 0. The highest BCUT2D eigenvalue weighted by molar-refractivity contribution is 7.10. The van der Waals surface area contributed by atoms with Gasteiger partial charge in [0.15, 0.2) is 5.78 Å². The monoisotopic (exact) mass is 298 g/mol. The van der Waals surface area contributed by atoms with Gasteiger partial charge in [0.1, 0.15) is 5.75 Å². The van der Waals surface area contributed by atoms with Crippen LogP contribution in [0.1, 0.15) is 35.6 Å². The van der Waals surface area contributed by atoms with Gasteiger partial charge in [0.25, 0.3) is 0 Å². The van der Waals surface area contributed by atoms with E-state index in [-0.39, 0.29) is 11.7 Å². The van der Waals surface area contributed by atoms with E-state index < -0.39 is 0 Å². The summed E-state index contributed by atoms with van der Waals surface area (Å²) in [6.07, 6.45) is 4.74. The van der Waals surface area contributed by atoms with Crippen molar-refractivity contribution in [3.63, 3.8) is 0 Å². The average molecular weight is 298 g/mol. The summed E-state index contributed by atoms with van der Waals surface area (Å²) in [7, 11) is 1.66. The molecule has 0 aliphatic heterocycles. The summed E-state index contributed by atoms with van der Waals surface area (Å²) in [5.41, 5.74) is 1.97. The van der Waals surface area contributed by atoms with Gasteiger partial charge >= 0.3 is 0 Å². The molecule has 0 saturated heterocycles. The third-order valence-electron chi connectivity index (χ3n) is 3.90. The van der Waals surface area contributed by atoms with E-state index in [0.717, 1.165) is 29.7 Å². The van der Waals surface area contributed by atoms with Gasteiger partial charge in [-0.25, -0.2) is 0 Å². The predicted molar refractivity (Wildman–Crippen MR) is 86.9 cm³/mol. The Hall–Kier alpha value is -1.87. The van der Waals surface area contributed by atoms with Gasteiger partial charge in [0.2, 0.25) is 0 Å². The van der Waals surface area contributed by atoms with Gasteiger partial charge in [0.05, 0.1) is 7.11 Å². The molecule has 1 aromatic carbocycles. The van der Waals surface area contributed by atoms with Crippen molar-refractivity contribution in [3.05, 3.63) is 57.8 Å². The number of thiophene rings is 1. The Balaban J connectivity index is 1.98. The molecule has 1 aromatic heterocycles. The van der Waals surface area contributed by atoms with Crippen molar-refractivity contribution in [2.24, 2.45) is 0 Å². The number of rotatable bonds is 3. The van der Waals surface area contributed by atoms with E-state index in [9.17, 15) is 4.79 Å². The van der Waals surface area contributed by atoms with Gasteiger partial charge < -0.3 is 4.74 Å². The van der Waals surface area contributed by atoms with Crippen molar-refractivity contribution in [1.29, 1.82) is 0 Å². The average Bonchev–Trinajstić information content (AvgIpc) is 3.04.